The molecule has 2 fully saturated rings. The minimum Gasteiger partial charge on any atom is -0.508 e. The maximum atomic E-state index is 10.9. The number of phenols is 1. The van der Waals surface area contributed by atoms with Crippen LogP contribution in [0.4, 0.5) is 0 Å². The summed E-state index contributed by atoms with van der Waals surface area (Å²) in [6.45, 7) is 7.98. The number of rotatable bonds is 9. The van der Waals surface area contributed by atoms with E-state index in [0.717, 1.165) is 32.1 Å². The van der Waals surface area contributed by atoms with Crippen LogP contribution in [-0.2, 0) is 16.3 Å². The number of aliphatic hydroxyl groups excluding tert-OH is 1. The summed E-state index contributed by atoms with van der Waals surface area (Å²) in [5, 5.41) is 31.4. The predicted molar refractivity (Wildman–Crippen MR) is 149 cm³/mol. The molecule has 5 nitrogen and oxygen atoms in total. The Morgan fingerprint density at radius 3 is 2.38 bits per heavy atom. The number of hydrogen-bond donors (Lipinski definition) is 2. The van der Waals surface area contributed by atoms with E-state index < -0.39 is 0 Å². The van der Waals surface area contributed by atoms with Crippen LogP contribution in [0.1, 0.15) is 115 Å². The minimum absolute atomic E-state index is 0.0716. The third kappa shape index (κ3) is 7.09. The fourth-order valence-electron chi connectivity index (χ4n) is 7.71. The van der Waals surface area contributed by atoms with Gasteiger partial charge in [-0.25, -0.2) is 5.11 Å². The number of carbonyl (C=O) groups is 1. The Morgan fingerprint density at radius 1 is 1.08 bits per heavy atom. The number of aliphatic hydroxyl groups is 1. The van der Waals surface area contributed by atoms with Crippen molar-refractivity contribution in [2.45, 2.75) is 123 Å². The average molecular weight is 515 g/mol. The van der Waals surface area contributed by atoms with Crippen LogP contribution in [-0.4, -0.2) is 46.8 Å². The van der Waals surface area contributed by atoms with Crippen molar-refractivity contribution in [2.24, 2.45) is 23.2 Å². The lowest BCUT2D eigenvalue weighted by Gasteiger charge is -2.54. The van der Waals surface area contributed by atoms with E-state index in [-0.39, 0.29) is 24.0 Å². The third-order valence-corrected chi connectivity index (χ3v) is 10.0. The maximum Gasteiger partial charge on any atom is 0.219 e. The third-order valence-electron chi connectivity index (χ3n) is 10.0. The zero-order chi connectivity index (χ0) is 27.2. The number of nitrogens with zero attached hydrogens (tertiary/aromatic N) is 1. The first kappa shape index (κ1) is 30.0. The Morgan fingerprint density at radius 2 is 1.76 bits per heavy atom. The molecule has 0 spiro atoms. The van der Waals surface area contributed by atoms with Crippen molar-refractivity contribution in [3.8, 4) is 5.75 Å². The van der Waals surface area contributed by atoms with Gasteiger partial charge < -0.3 is 15.1 Å². The molecule has 3 unspecified atom stereocenters. The number of carbonyl (C=O) groups excluding carboxylic acids is 1. The molecule has 3 aliphatic rings. The van der Waals surface area contributed by atoms with Crippen molar-refractivity contribution in [2.75, 3.05) is 13.7 Å². The molecule has 0 bridgehead atoms. The average Bonchev–Trinajstić information content (AvgIpc) is 3.16. The zero-order valence-corrected chi connectivity index (χ0v) is 24.0. The van der Waals surface area contributed by atoms with Crippen LogP contribution in [0.5, 0.6) is 5.75 Å². The lowest BCUT2D eigenvalue weighted by atomic mass is 9.51. The van der Waals surface area contributed by atoms with Crippen molar-refractivity contribution in [3.05, 3.63) is 29.3 Å². The Hall–Kier alpha value is -1.59. The molecule has 2 N–H and O–H groups in total. The van der Waals surface area contributed by atoms with Crippen LogP contribution < -0.4 is 0 Å². The number of fused-ring (bicyclic) bond motifs is 5. The summed E-state index contributed by atoms with van der Waals surface area (Å²) in [5.41, 5.74) is 2.94. The van der Waals surface area contributed by atoms with E-state index in [0.29, 0.717) is 35.5 Å². The van der Waals surface area contributed by atoms with Gasteiger partial charge in [0.1, 0.15) is 5.75 Å². The molecule has 4 rings (SSSR count). The summed E-state index contributed by atoms with van der Waals surface area (Å²) in [6.07, 6.45) is 13.6. The van der Waals surface area contributed by atoms with Gasteiger partial charge in [0.25, 0.3) is 0 Å². The van der Waals surface area contributed by atoms with E-state index in [9.17, 15) is 20.1 Å². The van der Waals surface area contributed by atoms with E-state index in [4.69, 9.17) is 0 Å². The number of benzene rings is 1. The van der Waals surface area contributed by atoms with Crippen molar-refractivity contribution in [3.63, 3.8) is 0 Å². The topological polar surface area (TPSA) is 80.7 Å². The van der Waals surface area contributed by atoms with Crippen LogP contribution in [0, 0.1) is 23.2 Å². The van der Waals surface area contributed by atoms with Gasteiger partial charge in [0.2, 0.25) is 5.91 Å². The smallest absolute Gasteiger partial charge is 0.219 e. The van der Waals surface area contributed by atoms with E-state index in [1.165, 1.54) is 56.1 Å². The summed E-state index contributed by atoms with van der Waals surface area (Å²) in [6, 6.07) is 6.40. The number of aromatic hydroxyl groups is 1. The van der Waals surface area contributed by atoms with Crippen molar-refractivity contribution in [1.29, 1.82) is 0 Å². The molecule has 2 saturated carbocycles. The largest absolute Gasteiger partial charge is 0.508 e. The van der Waals surface area contributed by atoms with Gasteiger partial charge in [0, 0.05) is 20.0 Å². The highest BCUT2D eigenvalue weighted by atomic mass is 16.3. The van der Waals surface area contributed by atoms with Gasteiger partial charge in [-0.15, -0.1) is 0 Å². The van der Waals surface area contributed by atoms with E-state index in [1.54, 1.807) is 18.9 Å². The van der Waals surface area contributed by atoms with Gasteiger partial charge in [-0.1, -0.05) is 45.1 Å². The molecule has 0 aliphatic heterocycles. The Bertz CT molecular complexity index is 870. The zero-order valence-electron chi connectivity index (χ0n) is 24.0. The van der Waals surface area contributed by atoms with Crippen LogP contribution in [0.3, 0.4) is 0 Å². The monoisotopic (exact) mass is 514 g/mol. The molecular formula is C32H52NO4. The van der Waals surface area contributed by atoms with E-state index in [1.807, 2.05) is 26.0 Å². The highest BCUT2D eigenvalue weighted by Crippen LogP contribution is 2.63. The molecule has 5 heteroatoms. The number of phenolic OH excluding ortho intramolecular Hbond substituents is 1. The summed E-state index contributed by atoms with van der Waals surface area (Å²) in [5.74, 6) is 3.09. The standard InChI is InChI=1S/C26H39O3.C6H13NO/c1-26-17-19(8-6-4-2-3-5-7-15-27)25-21-12-10-20(28)16-18(21)9-11-22(25)23(26)13-14-24(26)29;1-5(2)7(4)6(3)8/h10,12,16,19,22-25,28-29H,2-9,11,13-15,17H2,1H3;5H,1-4H3/t19-,22?,23?,24-,25?,26-;/m0./s1. The Kier molecular flexibility index (Phi) is 10.9. The molecule has 3 aliphatic carbocycles. The molecule has 1 amide bonds. The fraction of sp³-hybridized carbons (Fsp3) is 0.781. The fourth-order valence-corrected chi connectivity index (χ4v) is 7.71. The first-order valence-corrected chi connectivity index (χ1v) is 14.9. The van der Waals surface area contributed by atoms with E-state index >= 15 is 0 Å². The second-order valence-corrected chi connectivity index (χ2v) is 12.6. The molecule has 0 aromatic heterocycles. The quantitative estimate of drug-likeness (QED) is 0.353. The summed E-state index contributed by atoms with van der Waals surface area (Å²) >= 11 is 0. The Labute approximate surface area is 225 Å². The molecule has 0 heterocycles. The summed E-state index contributed by atoms with van der Waals surface area (Å²) in [4.78, 5) is 12.2. The van der Waals surface area contributed by atoms with Gasteiger partial charge in [-0.3, -0.25) is 4.79 Å². The lowest BCUT2D eigenvalue weighted by molar-refractivity contribution is -0.128. The number of hydrogen-bond acceptors (Lipinski definition) is 3. The number of aryl methyl sites for hydroxylation is 1. The molecule has 1 aromatic rings. The first-order valence-electron chi connectivity index (χ1n) is 14.9. The molecule has 209 valence electrons. The SMILES string of the molecule is CC(=O)N(C)C(C)C.C[C@]12C[C@H](CCCCCCCC[O])C3c4ccc(O)cc4CCC3C1CC[C@@H]2O. The highest BCUT2D eigenvalue weighted by molar-refractivity contribution is 5.73. The molecule has 6 atom stereocenters. The minimum atomic E-state index is -0.135. The molecule has 1 radical (unpaired) electrons. The van der Waals surface area contributed by atoms with Gasteiger partial charge in [-0.05, 0) is 111 Å². The Balaban J connectivity index is 0.000000414. The van der Waals surface area contributed by atoms with Gasteiger partial charge in [0.15, 0.2) is 0 Å². The van der Waals surface area contributed by atoms with Crippen molar-refractivity contribution in [1.82, 2.24) is 4.90 Å². The van der Waals surface area contributed by atoms with Crippen molar-refractivity contribution >= 4 is 5.91 Å². The predicted octanol–water partition coefficient (Wildman–Crippen LogP) is 6.87. The van der Waals surface area contributed by atoms with Crippen LogP contribution >= 0.6 is 0 Å². The van der Waals surface area contributed by atoms with Gasteiger partial charge >= 0.3 is 0 Å². The second-order valence-electron chi connectivity index (χ2n) is 12.6. The molecule has 0 saturated heterocycles. The summed E-state index contributed by atoms with van der Waals surface area (Å²) in [7, 11) is 1.80. The van der Waals surface area contributed by atoms with Crippen LogP contribution in [0.15, 0.2) is 18.2 Å². The first-order chi connectivity index (χ1) is 17.6. The van der Waals surface area contributed by atoms with Crippen molar-refractivity contribution < 1.29 is 20.1 Å². The normalized spacial score (nSPS) is 30.1. The molecular weight excluding hydrogens is 462 g/mol. The molecule has 1 aromatic carbocycles. The second kappa shape index (κ2) is 13.5. The van der Waals surface area contributed by atoms with E-state index in [2.05, 4.69) is 13.0 Å². The van der Waals surface area contributed by atoms with Crippen LogP contribution in [0.2, 0.25) is 0 Å². The van der Waals surface area contributed by atoms with Gasteiger partial charge in [-0.2, -0.15) is 0 Å². The van der Waals surface area contributed by atoms with Crippen LogP contribution in [0.25, 0.3) is 0 Å². The van der Waals surface area contributed by atoms with Gasteiger partial charge in [0.05, 0.1) is 12.7 Å². The molecule has 37 heavy (non-hydrogen) atoms. The number of amides is 1. The lowest BCUT2D eigenvalue weighted by Crippen LogP contribution is -2.47. The highest BCUT2D eigenvalue weighted by Gasteiger charge is 2.57. The number of unbranched alkanes of at least 4 members (excludes halogenated alkanes) is 5. The maximum absolute atomic E-state index is 10.9. The summed E-state index contributed by atoms with van der Waals surface area (Å²) < 4.78 is 0.